The molecule has 0 aromatic carbocycles. The Morgan fingerprint density at radius 3 is 2.09 bits per heavy atom. The maximum Gasteiger partial charge on any atom is 0.417 e. The van der Waals surface area contributed by atoms with Gasteiger partial charge in [0.05, 0.1) is 11.6 Å². The number of alkyl halides is 3. The molecule has 2 heterocycles. The van der Waals surface area contributed by atoms with E-state index in [-0.39, 0.29) is 36.4 Å². The zero-order valence-electron chi connectivity index (χ0n) is 24.2. The van der Waals surface area contributed by atoms with E-state index < -0.39 is 71.8 Å². The molecule has 0 radical (unpaired) electrons. The van der Waals surface area contributed by atoms with Gasteiger partial charge in [0.15, 0.2) is 0 Å². The Kier molecular flexibility index (Phi) is 12.4. The summed E-state index contributed by atoms with van der Waals surface area (Å²) < 4.78 is 38.6. The van der Waals surface area contributed by atoms with Gasteiger partial charge in [-0.2, -0.15) is 13.2 Å². The quantitative estimate of drug-likeness (QED) is 0.166. The van der Waals surface area contributed by atoms with Gasteiger partial charge in [0, 0.05) is 36.8 Å². The molecule has 1 aromatic heterocycles. The van der Waals surface area contributed by atoms with Crippen molar-refractivity contribution < 1.29 is 47.0 Å². The molecule has 0 saturated carbocycles. The van der Waals surface area contributed by atoms with E-state index in [0.29, 0.717) is 19.2 Å². The first kappa shape index (κ1) is 35.0. The van der Waals surface area contributed by atoms with Gasteiger partial charge in [-0.15, -0.1) is 0 Å². The van der Waals surface area contributed by atoms with E-state index in [9.17, 15) is 47.0 Å². The lowest BCUT2D eigenvalue weighted by atomic mass is 9.94. The number of carboxylic acid groups (broad SMARTS) is 1. The van der Waals surface area contributed by atoms with Crippen molar-refractivity contribution in [2.75, 3.05) is 6.54 Å². The van der Waals surface area contributed by atoms with Crippen LogP contribution in [-0.2, 0) is 36.6 Å². The Labute approximate surface area is 246 Å². The van der Waals surface area contributed by atoms with E-state index in [2.05, 4.69) is 26.3 Å². The number of nitrogens with zero attached hydrogens (tertiary/aromatic N) is 1. The molecule has 0 bridgehead atoms. The van der Waals surface area contributed by atoms with Crippen molar-refractivity contribution >= 4 is 35.5 Å². The van der Waals surface area contributed by atoms with Gasteiger partial charge in [-0.1, -0.05) is 13.8 Å². The smallest absolute Gasteiger partial charge is 0.417 e. The van der Waals surface area contributed by atoms with E-state index >= 15 is 0 Å². The minimum Gasteiger partial charge on any atom is -0.465 e. The number of pyridine rings is 1. The lowest BCUT2D eigenvalue weighted by Crippen LogP contribution is -2.57. The molecular weight excluding hydrogens is 577 g/mol. The second-order valence-corrected chi connectivity index (χ2v) is 11.0. The van der Waals surface area contributed by atoms with Gasteiger partial charge in [0.2, 0.25) is 23.5 Å². The van der Waals surface area contributed by atoms with E-state index in [1.54, 1.807) is 27.7 Å². The number of ketones is 1. The summed E-state index contributed by atoms with van der Waals surface area (Å²) in [6.45, 7) is 7.13. The summed E-state index contributed by atoms with van der Waals surface area (Å²) in [6.07, 6.45) is -5.86. The van der Waals surface area contributed by atoms with Gasteiger partial charge < -0.3 is 31.7 Å². The Bertz CT molecular complexity index is 1190. The molecule has 1 aliphatic rings. The molecule has 13 nitrogen and oxygen atoms in total. The highest BCUT2D eigenvalue weighted by Crippen LogP contribution is 2.28. The largest absolute Gasteiger partial charge is 0.465 e. The second-order valence-electron chi connectivity index (χ2n) is 11.0. The molecule has 3 unspecified atom stereocenters. The molecule has 16 heteroatoms. The Hall–Kier alpha value is -4.24. The zero-order valence-corrected chi connectivity index (χ0v) is 24.2. The molecule has 4 atom stereocenters. The number of Topliss-reactive ketones (excluding diaryl/α,β-unsaturated/α-hetero) is 1. The first-order chi connectivity index (χ1) is 20.0. The third kappa shape index (κ3) is 11.2. The van der Waals surface area contributed by atoms with Crippen LogP contribution >= 0.6 is 0 Å². The van der Waals surface area contributed by atoms with Crippen LogP contribution in [0.2, 0.25) is 0 Å². The summed E-state index contributed by atoms with van der Waals surface area (Å²) in [6, 6.07) is -2.87. The van der Waals surface area contributed by atoms with Gasteiger partial charge in [0.25, 0.3) is 5.91 Å². The number of carbonyl (C=O) groups excluding carboxylic acids is 5. The zero-order chi connectivity index (χ0) is 32.5. The summed E-state index contributed by atoms with van der Waals surface area (Å²) in [5, 5.41) is 21.2. The van der Waals surface area contributed by atoms with Crippen molar-refractivity contribution in [3.8, 4) is 0 Å². The SMILES string of the molecule is CC(C)CC(NC(=O)C(Cc1ccc(C(F)(F)F)cn1)NC(=O)O)C(=O)NC(C[C@@H]1CCNC1=O)C(=O)C(=O)NC(C)C. The van der Waals surface area contributed by atoms with Crippen molar-refractivity contribution in [3.05, 3.63) is 29.6 Å². The van der Waals surface area contributed by atoms with Crippen LogP contribution in [0, 0.1) is 11.8 Å². The predicted molar refractivity (Wildman–Crippen MR) is 145 cm³/mol. The van der Waals surface area contributed by atoms with E-state index in [4.69, 9.17) is 0 Å². The number of aromatic nitrogens is 1. The van der Waals surface area contributed by atoms with Crippen molar-refractivity contribution in [1.82, 2.24) is 31.6 Å². The molecule has 1 aliphatic heterocycles. The predicted octanol–water partition coefficient (Wildman–Crippen LogP) is 0.915. The van der Waals surface area contributed by atoms with Crippen LogP contribution < -0.4 is 26.6 Å². The molecule has 5 amide bonds. The van der Waals surface area contributed by atoms with Crippen molar-refractivity contribution in [2.24, 2.45) is 11.8 Å². The lowest BCUT2D eigenvalue weighted by Gasteiger charge is -2.26. The van der Waals surface area contributed by atoms with Gasteiger partial charge in [0.1, 0.15) is 12.1 Å². The highest BCUT2D eigenvalue weighted by atomic mass is 19.4. The Morgan fingerprint density at radius 2 is 1.60 bits per heavy atom. The van der Waals surface area contributed by atoms with E-state index in [1.807, 2.05) is 5.32 Å². The topological polar surface area (TPSA) is 196 Å². The number of nitrogens with one attached hydrogen (secondary N) is 5. The molecule has 1 fully saturated rings. The fraction of sp³-hybridized carbons (Fsp3) is 0.593. The number of hydrogen-bond donors (Lipinski definition) is 6. The Balaban J connectivity index is 2.26. The minimum atomic E-state index is -4.64. The highest BCUT2D eigenvalue weighted by Gasteiger charge is 2.36. The third-order valence-electron chi connectivity index (χ3n) is 6.48. The molecule has 43 heavy (non-hydrogen) atoms. The van der Waals surface area contributed by atoms with E-state index in [0.717, 1.165) is 12.1 Å². The van der Waals surface area contributed by atoms with Crippen molar-refractivity contribution in [2.45, 2.75) is 83.7 Å². The minimum absolute atomic E-state index is 0.0246. The van der Waals surface area contributed by atoms with Crippen molar-refractivity contribution in [1.29, 1.82) is 0 Å². The van der Waals surface area contributed by atoms with Crippen LogP contribution in [0.4, 0.5) is 18.0 Å². The van der Waals surface area contributed by atoms with Gasteiger partial charge in [-0.05, 0) is 51.2 Å². The number of amides is 5. The fourth-order valence-electron chi connectivity index (χ4n) is 4.41. The summed E-state index contributed by atoms with van der Waals surface area (Å²) in [5.74, 6) is -4.91. The molecule has 0 aliphatic carbocycles. The first-order valence-electron chi connectivity index (χ1n) is 13.7. The lowest BCUT2D eigenvalue weighted by molar-refractivity contribution is -0.141. The number of hydrogen-bond acceptors (Lipinski definition) is 7. The van der Waals surface area contributed by atoms with E-state index in [1.165, 1.54) is 0 Å². The van der Waals surface area contributed by atoms with Crippen LogP contribution in [0.3, 0.4) is 0 Å². The average molecular weight is 615 g/mol. The van der Waals surface area contributed by atoms with Gasteiger partial charge >= 0.3 is 12.3 Å². The van der Waals surface area contributed by atoms with Gasteiger partial charge in [-0.3, -0.25) is 29.0 Å². The molecule has 1 aromatic rings. The van der Waals surface area contributed by atoms with Crippen LogP contribution in [0.25, 0.3) is 0 Å². The van der Waals surface area contributed by atoms with Crippen LogP contribution in [0.15, 0.2) is 18.3 Å². The third-order valence-corrected chi connectivity index (χ3v) is 6.48. The number of halogens is 3. The molecule has 0 spiro atoms. The summed E-state index contributed by atoms with van der Waals surface area (Å²) in [7, 11) is 0. The molecule has 6 N–H and O–H groups in total. The molecule has 2 rings (SSSR count). The van der Waals surface area contributed by atoms with Crippen LogP contribution in [0.5, 0.6) is 0 Å². The normalized spacial score (nSPS) is 17.0. The maximum absolute atomic E-state index is 13.4. The van der Waals surface area contributed by atoms with Gasteiger partial charge in [-0.25, -0.2) is 4.79 Å². The monoisotopic (exact) mass is 614 g/mol. The van der Waals surface area contributed by atoms with Crippen LogP contribution in [-0.4, -0.2) is 76.3 Å². The van der Waals surface area contributed by atoms with Crippen LogP contribution in [0.1, 0.15) is 58.2 Å². The summed E-state index contributed by atoms with van der Waals surface area (Å²) >= 11 is 0. The first-order valence-corrected chi connectivity index (χ1v) is 13.7. The van der Waals surface area contributed by atoms with Crippen molar-refractivity contribution in [3.63, 3.8) is 0 Å². The Morgan fingerprint density at radius 1 is 0.977 bits per heavy atom. The average Bonchev–Trinajstić information content (AvgIpc) is 3.29. The summed E-state index contributed by atoms with van der Waals surface area (Å²) in [5.41, 5.74) is -1.05. The number of rotatable bonds is 14. The number of carbonyl (C=O) groups is 6. The second kappa shape index (κ2) is 15.3. The maximum atomic E-state index is 13.4. The molecule has 1 saturated heterocycles. The fourth-order valence-corrected chi connectivity index (χ4v) is 4.41. The molecule has 238 valence electrons. The highest BCUT2D eigenvalue weighted by molar-refractivity contribution is 6.38. The standard InChI is InChI=1S/C27H37F3N6O7/c1-13(2)9-19(23(39)34-18(10-15-7-8-31-22(15)38)21(37)25(41)33-14(3)4)35-24(40)20(36-26(42)43)11-17-6-5-16(12-32-17)27(28,29)30/h5-6,12-15,18-20,36H,7-11H2,1-4H3,(H,31,38)(H,33,41)(H,34,39)(H,35,40)(H,42,43)/t15-,18?,19?,20?/m0/s1. The molecular formula is C27H37F3N6O7. The summed E-state index contributed by atoms with van der Waals surface area (Å²) in [4.78, 5) is 79.3.